The number of hydrogen-bond donors (Lipinski definition) is 3. The summed E-state index contributed by atoms with van der Waals surface area (Å²) < 4.78 is 32.2. The largest absolute Gasteiger partial charge is 0.496 e. The molecule has 1 aromatic heterocycles. The van der Waals surface area contributed by atoms with Crippen LogP contribution in [0.5, 0.6) is 5.75 Å². The van der Waals surface area contributed by atoms with Crippen molar-refractivity contribution in [1.29, 1.82) is 0 Å². The Hall–Kier alpha value is -1.90. The van der Waals surface area contributed by atoms with Gasteiger partial charge in [0.05, 0.1) is 18.2 Å². The van der Waals surface area contributed by atoms with Gasteiger partial charge in [0, 0.05) is 29.9 Å². The fourth-order valence-electron chi connectivity index (χ4n) is 1.89. The first-order valence-corrected chi connectivity index (χ1v) is 7.81. The Bertz CT molecular complexity index is 725. The number of methoxy groups -OCH3 is 1. The first-order valence-electron chi connectivity index (χ1n) is 6.33. The Kier molecular flexibility index (Phi) is 4.61. The molecule has 0 atom stereocenters. The van der Waals surface area contributed by atoms with Gasteiger partial charge in [-0.2, -0.15) is 5.10 Å². The summed E-state index contributed by atoms with van der Waals surface area (Å²) in [7, 11) is -2.10. The monoisotopic (exact) mass is 310 g/mol. The summed E-state index contributed by atoms with van der Waals surface area (Å²) in [5, 5.41) is 6.61. The molecular weight excluding hydrogens is 292 g/mol. The van der Waals surface area contributed by atoms with Crippen LogP contribution < -0.4 is 15.2 Å². The zero-order valence-electron chi connectivity index (χ0n) is 11.9. The lowest BCUT2D eigenvalue weighted by Gasteiger charge is -2.10. The molecule has 2 aromatic rings. The quantitative estimate of drug-likeness (QED) is 0.726. The van der Waals surface area contributed by atoms with Crippen molar-refractivity contribution in [3.05, 3.63) is 41.2 Å². The Morgan fingerprint density at radius 3 is 2.71 bits per heavy atom. The number of nitrogens with two attached hydrogens (primary N) is 1. The van der Waals surface area contributed by atoms with Crippen molar-refractivity contribution >= 4 is 10.0 Å². The highest BCUT2D eigenvalue weighted by molar-refractivity contribution is 7.89. The van der Waals surface area contributed by atoms with Gasteiger partial charge in [-0.15, -0.1) is 0 Å². The number of aromatic amines is 1. The van der Waals surface area contributed by atoms with E-state index in [-0.39, 0.29) is 18.0 Å². The molecule has 0 aliphatic rings. The SMILES string of the molecule is COc1ccc(S(=O)(=O)NCc2cn[nH]c2C)cc1CN. The van der Waals surface area contributed by atoms with E-state index in [1.54, 1.807) is 12.3 Å². The van der Waals surface area contributed by atoms with Crippen molar-refractivity contribution < 1.29 is 13.2 Å². The van der Waals surface area contributed by atoms with Gasteiger partial charge in [0.2, 0.25) is 10.0 Å². The molecule has 0 bridgehead atoms. The van der Waals surface area contributed by atoms with Crippen LogP contribution in [0.1, 0.15) is 16.8 Å². The van der Waals surface area contributed by atoms with Crippen molar-refractivity contribution in [2.24, 2.45) is 5.73 Å². The Balaban J connectivity index is 2.21. The number of ether oxygens (including phenoxy) is 1. The molecule has 0 spiro atoms. The molecule has 114 valence electrons. The van der Waals surface area contributed by atoms with Gasteiger partial charge in [0.25, 0.3) is 0 Å². The minimum atomic E-state index is -3.61. The Morgan fingerprint density at radius 2 is 2.14 bits per heavy atom. The molecule has 0 fully saturated rings. The number of rotatable bonds is 6. The summed E-state index contributed by atoms with van der Waals surface area (Å²) in [6.07, 6.45) is 1.59. The van der Waals surface area contributed by atoms with Crippen LogP contribution in [0.2, 0.25) is 0 Å². The average molecular weight is 310 g/mol. The first kappa shape index (κ1) is 15.5. The van der Waals surface area contributed by atoms with Crippen molar-refractivity contribution in [3.8, 4) is 5.75 Å². The highest BCUT2D eigenvalue weighted by atomic mass is 32.2. The fourth-order valence-corrected chi connectivity index (χ4v) is 2.95. The standard InChI is InChI=1S/C13H18N4O3S/c1-9-11(7-15-17-9)8-16-21(18,19)12-3-4-13(20-2)10(5-12)6-14/h3-5,7,16H,6,8,14H2,1-2H3,(H,15,17). The minimum absolute atomic E-state index is 0.157. The molecule has 0 aliphatic carbocycles. The van der Waals surface area contributed by atoms with E-state index in [0.717, 1.165) is 11.3 Å². The maximum atomic E-state index is 12.3. The van der Waals surface area contributed by atoms with E-state index in [2.05, 4.69) is 14.9 Å². The minimum Gasteiger partial charge on any atom is -0.496 e. The van der Waals surface area contributed by atoms with Gasteiger partial charge in [0.15, 0.2) is 0 Å². The molecule has 0 saturated heterocycles. The normalized spacial score (nSPS) is 11.6. The van der Waals surface area contributed by atoms with Gasteiger partial charge in [0.1, 0.15) is 5.75 Å². The lowest BCUT2D eigenvalue weighted by molar-refractivity contribution is 0.409. The number of nitrogens with zero attached hydrogens (tertiary/aromatic N) is 1. The number of benzene rings is 1. The zero-order valence-corrected chi connectivity index (χ0v) is 12.7. The molecule has 0 aliphatic heterocycles. The van der Waals surface area contributed by atoms with E-state index in [4.69, 9.17) is 10.5 Å². The molecule has 1 aromatic carbocycles. The molecule has 7 nitrogen and oxygen atoms in total. The molecule has 0 unspecified atom stereocenters. The third kappa shape index (κ3) is 3.41. The number of nitrogens with one attached hydrogen (secondary N) is 2. The smallest absolute Gasteiger partial charge is 0.240 e. The molecular formula is C13H18N4O3S. The van der Waals surface area contributed by atoms with Crippen LogP contribution in [0, 0.1) is 6.92 Å². The van der Waals surface area contributed by atoms with Crippen LogP contribution in [-0.2, 0) is 23.1 Å². The van der Waals surface area contributed by atoms with Gasteiger partial charge < -0.3 is 10.5 Å². The molecule has 21 heavy (non-hydrogen) atoms. The summed E-state index contributed by atoms with van der Waals surface area (Å²) in [5.41, 5.74) is 7.87. The second-order valence-electron chi connectivity index (χ2n) is 4.52. The van der Waals surface area contributed by atoms with Gasteiger partial charge in [-0.3, -0.25) is 5.10 Å². The molecule has 1 heterocycles. The zero-order chi connectivity index (χ0) is 15.5. The van der Waals surface area contributed by atoms with E-state index < -0.39 is 10.0 Å². The summed E-state index contributed by atoms with van der Waals surface area (Å²) in [4.78, 5) is 0.157. The van der Waals surface area contributed by atoms with Crippen LogP contribution in [0.25, 0.3) is 0 Å². The second-order valence-corrected chi connectivity index (χ2v) is 6.29. The third-order valence-electron chi connectivity index (χ3n) is 3.17. The number of hydrogen-bond acceptors (Lipinski definition) is 5. The van der Waals surface area contributed by atoms with Gasteiger partial charge in [-0.25, -0.2) is 13.1 Å². The van der Waals surface area contributed by atoms with E-state index in [0.29, 0.717) is 11.3 Å². The summed E-state index contributed by atoms with van der Waals surface area (Å²) >= 11 is 0. The second kappa shape index (κ2) is 6.25. The number of sulfonamides is 1. The van der Waals surface area contributed by atoms with Crippen LogP contribution >= 0.6 is 0 Å². The van der Waals surface area contributed by atoms with E-state index in [1.165, 1.54) is 19.2 Å². The van der Waals surface area contributed by atoms with Crippen LogP contribution in [0.3, 0.4) is 0 Å². The van der Waals surface area contributed by atoms with Crippen molar-refractivity contribution in [2.45, 2.75) is 24.9 Å². The highest BCUT2D eigenvalue weighted by Gasteiger charge is 2.16. The summed E-state index contributed by atoms with van der Waals surface area (Å²) in [6.45, 7) is 2.21. The molecule has 0 amide bonds. The molecule has 2 rings (SSSR count). The predicted molar refractivity (Wildman–Crippen MR) is 78.2 cm³/mol. The van der Waals surface area contributed by atoms with Gasteiger partial charge in [-0.1, -0.05) is 0 Å². The topological polar surface area (TPSA) is 110 Å². The molecule has 0 saturated carbocycles. The van der Waals surface area contributed by atoms with Gasteiger partial charge in [-0.05, 0) is 25.1 Å². The van der Waals surface area contributed by atoms with E-state index in [9.17, 15) is 8.42 Å². The number of aryl methyl sites for hydroxylation is 1. The Morgan fingerprint density at radius 1 is 1.38 bits per heavy atom. The predicted octanol–water partition coefficient (Wildman–Crippen LogP) is 0.664. The third-order valence-corrected chi connectivity index (χ3v) is 4.57. The maximum Gasteiger partial charge on any atom is 0.240 e. The average Bonchev–Trinajstić information content (AvgIpc) is 2.89. The molecule has 4 N–H and O–H groups in total. The van der Waals surface area contributed by atoms with Crippen molar-refractivity contribution in [3.63, 3.8) is 0 Å². The van der Waals surface area contributed by atoms with E-state index in [1.807, 2.05) is 6.92 Å². The molecule has 8 heteroatoms. The van der Waals surface area contributed by atoms with Gasteiger partial charge >= 0.3 is 0 Å². The Labute approximate surface area is 123 Å². The first-order chi connectivity index (χ1) is 9.97. The van der Waals surface area contributed by atoms with Crippen LogP contribution in [0.4, 0.5) is 0 Å². The lowest BCUT2D eigenvalue weighted by atomic mass is 10.2. The molecule has 0 radical (unpaired) electrons. The number of H-pyrrole nitrogens is 1. The van der Waals surface area contributed by atoms with Crippen molar-refractivity contribution in [2.75, 3.05) is 7.11 Å². The van der Waals surface area contributed by atoms with E-state index >= 15 is 0 Å². The summed E-state index contributed by atoms with van der Waals surface area (Å²) in [5.74, 6) is 0.571. The lowest BCUT2D eigenvalue weighted by Crippen LogP contribution is -2.23. The van der Waals surface area contributed by atoms with Crippen molar-refractivity contribution in [1.82, 2.24) is 14.9 Å². The van der Waals surface area contributed by atoms with Crippen LogP contribution in [-0.4, -0.2) is 25.7 Å². The number of aromatic nitrogens is 2. The summed E-state index contributed by atoms with van der Waals surface area (Å²) in [6, 6.07) is 4.60. The highest BCUT2D eigenvalue weighted by Crippen LogP contribution is 2.22. The maximum absolute atomic E-state index is 12.3. The fraction of sp³-hybridized carbons (Fsp3) is 0.308. The van der Waals surface area contributed by atoms with Crippen LogP contribution in [0.15, 0.2) is 29.3 Å².